The Morgan fingerprint density at radius 3 is 2.03 bits per heavy atom. The molecule has 8 N–H and O–H groups in total. The minimum absolute atomic E-state index is 0.327. The summed E-state index contributed by atoms with van der Waals surface area (Å²) in [6.07, 6.45) is -2.01. The summed E-state index contributed by atoms with van der Waals surface area (Å²) in [7, 11) is 0. The molecule has 0 aromatic rings. The Labute approximate surface area is 182 Å². The number of hydrogen-bond donors (Lipinski definition) is 8. The van der Waals surface area contributed by atoms with Crippen LogP contribution in [0.2, 0.25) is 0 Å². The molecule has 0 bridgehead atoms. The zero-order valence-electron chi connectivity index (χ0n) is 17.4. The zero-order chi connectivity index (χ0) is 24.4. The van der Waals surface area contributed by atoms with Crippen molar-refractivity contribution >= 4 is 35.6 Å². The molecule has 1 aliphatic heterocycles. The Balaban J connectivity index is 2.95. The minimum Gasteiger partial charge on any atom is -0.481 e. The van der Waals surface area contributed by atoms with Crippen molar-refractivity contribution in [2.75, 3.05) is 6.54 Å². The van der Waals surface area contributed by atoms with Crippen molar-refractivity contribution in [3.8, 4) is 0 Å². The average molecular weight is 460 g/mol. The Bertz CT molecular complexity index is 735. The van der Waals surface area contributed by atoms with Crippen LogP contribution in [0.3, 0.4) is 0 Å². The monoisotopic (exact) mass is 460 g/mol. The molecule has 0 aliphatic carbocycles. The predicted octanol–water partition coefficient (Wildman–Crippen LogP) is -3.00. The molecule has 1 saturated heterocycles. The summed E-state index contributed by atoms with van der Waals surface area (Å²) in [5.41, 5.74) is 0. The van der Waals surface area contributed by atoms with E-state index in [-0.39, 0.29) is 6.42 Å². The first-order valence-corrected chi connectivity index (χ1v) is 9.91. The summed E-state index contributed by atoms with van der Waals surface area (Å²) in [5, 5.41) is 45.9. The van der Waals surface area contributed by atoms with Gasteiger partial charge in [0.25, 0.3) is 0 Å². The third-order valence-electron chi connectivity index (χ3n) is 4.71. The molecule has 5 atom stereocenters. The number of aliphatic carboxylic acids is 3. The second-order valence-corrected chi connectivity index (χ2v) is 7.37. The molecule has 1 aliphatic rings. The number of rotatable bonds is 13. The van der Waals surface area contributed by atoms with E-state index in [2.05, 4.69) is 16.0 Å². The van der Waals surface area contributed by atoms with Gasteiger partial charge in [-0.1, -0.05) is 0 Å². The van der Waals surface area contributed by atoms with Crippen LogP contribution >= 0.6 is 0 Å². The molecular formula is C18H28N4O10. The first-order chi connectivity index (χ1) is 14.9. The van der Waals surface area contributed by atoms with Crippen LogP contribution in [0.1, 0.15) is 39.0 Å². The van der Waals surface area contributed by atoms with E-state index < -0.39 is 78.7 Å². The van der Waals surface area contributed by atoms with Gasteiger partial charge in [0.2, 0.25) is 17.7 Å². The van der Waals surface area contributed by atoms with Crippen LogP contribution in [0.15, 0.2) is 0 Å². The summed E-state index contributed by atoms with van der Waals surface area (Å²) in [6.45, 7) is 1.69. The highest BCUT2D eigenvalue weighted by atomic mass is 16.4. The molecule has 14 nitrogen and oxygen atoms in total. The van der Waals surface area contributed by atoms with Crippen molar-refractivity contribution in [3.05, 3.63) is 0 Å². The second kappa shape index (κ2) is 12.6. The van der Waals surface area contributed by atoms with Gasteiger partial charge in [0.1, 0.15) is 12.1 Å². The van der Waals surface area contributed by atoms with E-state index in [1.165, 1.54) is 0 Å². The van der Waals surface area contributed by atoms with Crippen LogP contribution in [0.5, 0.6) is 0 Å². The van der Waals surface area contributed by atoms with Crippen LogP contribution in [0, 0.1) is 0 Å². The maximum Gasteiger partial charge on any atom is 0.328 e. The van der Waals surface area contributed by atoms with Crippen molar-refractivity contribution in [1.29, 1.82) is 0 Å². The molecule has 0 radical (unpaired) electrons. The second-order valence-electron chi connectivity index (χ2n) is 7.37. The van der Waals surface area contributed by atoms with Crippen molar-refractivity contribution in [1.82, 2.24) is 21.3 Å². The van der Waals surface area contributed by atoms with Crippen molar-refractivity contribution in [2.45, 2.75) is 69.3 Å². The topological polar surface area (TPSA) is 231 Å². The molecule has 5 unspecified atom stereocenters. The van der Waals surface area contributed by atoms with E-state index in [0.29, 0.717) is 13.0 Å². The third kappa shape index (κ3) is 8.85. The quantitative estimate of drug-likeness (QED) is 0.138. The van der Waals surface area contributed by atoms with Crippen molar-refractivity contribution in [3.63, 3.8) is 0 Å². The summed E-state index contributed by atoms with van der Waals surface area (Å²) in [4.78, 5) is 70.6. The fourth-order valence-corrected chi connectivity index (χ4v) is 3.02. The van der Waals surface area contributed by atoms with Gasteiger partial charge >= 0.3 is 17.9 Å². The van der Waals surface area contributed by atoms with Gasteiger partial charge in [-0.15, -0.1) is 0 Å². The van der Waals surface area contributed by atoms with Gasteiger partial charge < -0.3 is 41.7 Å². The smallest absolute Gasteiger partial charge is 0.328 e. The van der Waals surface area contributed by atoms with E-state index in [9.17, 15) is 33.9 Å². The average Bonchev–Trinajstić information content (AvgIpc) is 3.22. The number of hydrogen-bond acceptors (Lipinski definition) is 8. The molecule has 0 saturated carbocycles. The maximum atomic E-state index is 12.7. The fraction of sp³-hybridized carbons (Fsp3) is 0.667. The summed E-state index contributed by atoms with van der Waals surface area (Å²) in [6, 6.07) is -5.45. The third-order valence-corrected chi connectivity index (χ3v) is 4.71. The number of amides is 3. The highest BCUT2D eigenvalue weighted by molar-refractivity contribution is 5.95. The van der Waals surface area contributed by atoms with E-state index in [4.69, 9.17) is 15.3 Å². The molecule has 3 amide bonds. The molecule has 180 valence electrons. The first kappa shape index (κ1) is 26.8. The van der Waals surface area contributed by atoms with Crippen LogP contribution in [0.25, 0.3) is 0 Å². The summed E-state index contributed by atoms with van der Waals surface area (Å²) >= 11 is 0. The van der Waals surface area contributed by atoms with E-state index in [1.807, 2.05) is 5.32 Å². The normalized spacial score (nSPS) is 19.1. The standard InChI is InChI=1S/C18H28N4O10/c1-8(23)14(18(31)32)22-17(30)11(7-13(26)27)21-16(29)10(4-5-12(24)25)20-15(28)9-3-2-6-19-9/h8-11,14,19,23H,2-7H2,1H3,(H,20,28)(H,21,29)(H,22,30)(H,24,25)(H,26,27)(H,31,32). The molecular weight excluding hydrogens is 432 g/mol. The molecule has 0 aromatic heterocycles. The molecule has 14 heteroatoms. The van der Waals surface area contributed by atoms with Gasteiger partial charge in [0.15, 0.2) is 6.04 Å². The van der Waals surface area contributed by atoms with Gasteiger partial charge in [0.05, 0.1) is 18.6 Å². The van der Waals surface area contributed by atoms with Gasteiger partial charge in [-0.25, -0.2) is 4.79 Å². The highest BCUT2D eigenvalue weighted by Crippen LogP contribution is 2.07. The number of carbonyl (C=O) groups excluding carboxylic acids is 3. The molecule has 1 rings (SSSR count). The molecule has 0 aromatic carbocycles. The maximum absolute atomic E-state index is 12.7. The lowest BCUT2D eigenvalue weighted by Crippen LogP contribution is -2.58. The van der Waals surface area contributed by atoms with Crippen LogP contribution < -0.4 is 21.3 Å². The lowest BCUT2D eigenvalue weighted by Gasteiger charge is -2.25. The fourth-order valence-electron chi connectivity index (χ4n) is 3.02. The molecule has 32 heavy (non-hydrogen) atoms. The molecule has 0 spiro atoms. The van der Waals surface area contributed by atoms with Gasteiger partial charge in [-0.2, -0.15) is 0 Å². The van der Waals surface area contributed by atoms with Crippen LogP contribution in [-0.2, 0) is 28.8 Å². The number of carbonyl (C=O) groups is 6. The Kier molecular flexibility index (Phi) is 10.5. The Morgan fingerprint density at radius 1 is 0.938 bits per heavy atom. The number of nitrogens with one attached hydrogen (secondary N) is 4. The van der Waals surface area contributed by atoms with Crippen molar-refractivity contribution < 1.29 is 49.2 Å². The number of carboxylic acid groups (broad SMARTS) is 3. The van der Waals surface area contributed by atoms with Gasteiger partial charge in [-0.3, -0.25) is 24.0 Å². The van der Waals surface area contributed by atoms with Crippen LogP contribution in [0.4, 0.5) is 0 Å². The van der Waals surface area contributed by atoms with Crippen molar-refractivity contribution in [2.24, 2.45) is 0 Å². The predicted molar refractivity (Wildman–Crippen MR) is 105 cm³/mol. The van der Waals surface area contributed by atoms with E-state index >= 15 is 0 Å². The van der Waals surface area contributed by atoms with Crippen LogP contribution in [-0.4, -0.2) is 92.9 Å². The Hall–Kier alpha value is -3.26. The van der Waals surface area contributed by atoms with E-state index in [0.717, 1.165) is 13.3 Å². The molecule has 1 fully saturated rings. The number of aliphatic hydroxyl groups excluding tert-OH is 1. The minimum atomic E-state index is -1.76. The largest absolute Gasteiger partial charge is 0.481 e. The number of aliphatic hydroxyl groups is 1. The van der Waals surface area contributed by atoms with Gasteiger partial charge in [0, 0.05) is 6.42 Å². The van der Waals surface area contributed by atoms with E-state index in [1.54, 1.807) is 0 Å². The lowest BCUT2D eigenvalue weighted by molar-refractivity contribution is -0.146. The zero-order valence-corrected chi connectivity index (χ0v) is 17.4. The summed E-state index contributed by atoms with van der Waals surface area (Å²) < 4.78 is 0. The lowest BCUT2D eigenvalue weighted by atomic mass is 10.1. The molecule has 1 heterocycles. The first-order valence-electron chi connectivity index (χ1n) is 9.91. The SMILES string of the molecule is CC(O)C(NC(=O)C(CC(=O)O)NC(=O)C(CCC(=O)O)NC(=O)C1CCCN1)C(=O)O. The highest BCUT2D eigenvalue weighted by Gasteiger charge is 2.33. The summed E-state index contributed by atoms with van der Waals surface area (Å²) in [5.74, 6) is -7.05. The van der Waals surface area contributed by atoms with Gasteiger partial charge in [-0.05, 0) is 32.7 Å². The number of carboxylic acids is 3. The Morgan fingerprint density at radius 2 is 1.56 bits per heavy atom.